The highest BCUT2D eigenvalue weighted by Gasteiger charge is 2.21. The number of benzene rings is 7. The normalized spacial score (nSPS) is 11.9. The van der Waals surface area contributed by atoms with Crippen LogP contribution >= 0.6 is 0 Å². The molecule has 0 radical (unpaired) electrons. The molecule has 7 rings (SSSR count). The van der Waals surface area contributed by atoms with Gasteiger partial charge in [0.15, 0.2) is 0 Å². The second-order valence-electron chi connectivity index (χ2n) is 10.9. The van der Waals surface area contributed by atoms with Gasteiger partial charge in [0.2, 0.25) is 0 Å². The maximum atomic E-state index is 12.1. The van der Waals surface area contributed by atoms with Crippen molar-refractivity contribution in [3.8, 4) is 45.3 Å². The summed E-state index contributed by atoms with van der Waals surface area (Å²) in [5, 5.41) is 2.97. The van der Waals surface area contributed by atoms with Gasteiger partial charge in [0.05, 0.1) is 9.79 Å². The van der Waals surface area contributed by atoms with Gasteiger partial charge < -0.3 is 9.47 Å². The first-order valence-corrected chi connectivity index (χ1v) is 17.6. The van der Waals surface area contributed by atoms with Crippen LogP contribution in [0.5, 0.6) is 23.0 Å². The maximum Gasteiger partial charge on any atom is 0.294 e. The van der Waals surface area contributed by atoms with Crippen molar-refractivity contribution in [2.75, 3.05) is 0 Å². The average Bonchev–Trinajstić information content (AvgIpc) is 3.09. The maximum absolute atomic E-state index is 12.1. The summed E-state index contributed by atoms with van der Waals surface area (Å²) in [7, 11) is -8.81. The SMILES string of the molecule is O=S(=O)(O)c1ccc(-c2ccccc2Oc2c3ccccc3c(Oc3ccc(S(=O)(=O)O)cc3-c3ccccc3)c3ccccc23)cc1. The van der Waals surface area contributed by atoms with Crippen LogP contribution in [0.1, 0.15) is 0 Å². The molecule has 0 fully saturated rings. The van der Waals surface area contributed by atoms with E-state index in [0.717, 1.165) is 21.5 Å². The fourth-order valence-electron chi connectivity index (χ4n) is 5.69. The number of para-hydroxylation sites is 1. The summed E-state index contributed by atoms with van der Waals surface area (Å²) in [5.74, 6) is 2.00. The molecule has 0 atom stereocenters. The van der Waals surface area contributed by atoms with Gasteiger partial charge in [0.1, 0.15) is 23.0 Å². The lowest BCUT2D eigenvalue weighted by Crippen LogP contribution is -2.00. The van der Waals surface area contributed by atoms with E-state index in [1.807, 2.05) is 103 Å². The standard InChI is InChI=1S/C38H26O8S2/c39-47(40,41)27-20-18-26(19-21-27)29-12-8-9-17-35(29)45-37-30-13-4-6-15-32(30)38(33-16-7-5-14-31(33)37)46-36-23-22-28(48(42,43)44)24-34(36)25-10-2-1-3-11-25/h1-24H,(H,39,40,41)(H,42,43,44). The molecule has 238 valence electrons. The Morgan fingerprint density at radius 2 is 0.812 bits per heavy atom. The molecule has 0 heterocycles. The Bertz CT molecular complexity index is 2490. The molecular formula is C38H26O8S2. The molecule has 7 aromatic carbocycles. The second kappa shape index (κ2) is 12.3. The van der Waals surface area contributed by atoms with E-state index in [1.165, 1.54) is 30.3 Å². The predicted octanol–water partition coefficient (Wildman–Crippen LogP) is 9.40. The molecule has 0 aromatic heterocycles. The summed E-state index contributed by atoms with van der Waals surface area (Å²) in [6, 6.07) is 41.9. The summed E-state index contributed by atoms with van der Waals surface area (Å²) >= 11 is 0. The second-order valence-corrected chi connectivity index (χ2v) is 13.8. The van der Waals surface area contributed by atoms with Gasteiger partial charge in [-0.15, -0.1) is 0 Å². The Morgan fingerprint density at radius 3 is 1.33 bits per heavy atom. The van der Waals surface area contributed by atoms with Crippen molar-refractivity contribution < 1.29 is 35.4 Å². The van der Waals surface area contributed by atoms with Gasteiger partial charge in [-0.25, -0.2) is 0 Å². The summed E-state index contributed by atoms with van der Waals surface area (Å²) in [5.41, 5.74) is 2.58. The molecule has 0 spiro atoms. The Morgan fingerprint density at radius 1 is 0.396 bits per heavy atom. The van der Waals surface area contributed by atoms with Gasteiger partial charge in [-0.1, -0.05) is 109 Å². The highest BCUT2D eigenvalue weighted by molar-refractivity contribution is 7.86. The van der Waals surface area contributed by atoms with E-state index in [-0.39, 0.29) is 9.79 Å². The number of rotatable bonds is 8. The van der Waals surface area contributed by atoms with Crippen LogP contribution in [0.25, 0.3) is 43.8 Å². The van der Waals surface area contributed by atoms with Crippen molar-refractivity contribution in [3.05, 3.63) is 146 Å². The van der Waals surface area contributed by atoms with E-state index in [1.54, 1.807) is 12.1 Å². The summed E-state index contributed by atoms with van der Waals surface area (Å²) in [6.07, 6.45) is 0. The zero-order valence-electron chi connectivity index (χ0n) is 25.0. The van der Waals surface area contributed by atoms with Gasteiger partial charge >= 0.3 is 0 Å². The molecular weight excluding hydrogens is 649 g/mol. The van der Waals surface area contributed by atoms with Gasteiger partial charge in [0, 0.05) is 32.7 Å². The molecule has 0 unspecified atom stereocenters. The van der Waals surface area contributed by atoms with Crippen LogP contribution in [0.2, 0.25) is 0 Å². The van der Waals surface area contributed by atoms with Crippen LogP contribution in [0.3, 0.4) is 0 Å². The molecule has 0 saturated carbocycles. The minimum Gasteiger partial charge on any atom is -0.455 e. The molecule has 0 aliphatic carbocycles. The smallest absolute Gasteiger partial charge is 0.294 e. The first kappa shape index (κ1) is 31.1. The summed E-state index contributed by atoms with van der Waals surface area (Å²) in [4.78, 5) is -0.460. The van der Waals surface area contributed by atoms with Crippen LogP contribution in [-0.2, 0) is 20.2 Å². The fraction of sp³-hybridized carbons (Fsp3) is 0. The first-order chi connectivity index (χ1) is 23.1. The van der Waals surface area contributed by atoms with Gasteiger partial charge in [-0.2, -0.15) is 16.8 Å². The highest BCUT2D eigenvalue weighted by Crippen LogP contribution is 2.48. The number of hydrogen-bond donors (Lipinski definition) is 2. The Labute approximate surface area is 277 Å². The summed E-state index contributed by atoms with van der Waals surface area (Å²) < 4.78 is 80.0. The van der Waals surface area contributed by atoms with E-state index in [0.29, 0.717) is 45.3 Å². The minimum atomic E-state index is -4.47. The van der Waals surface area contributed by atoms with E-state index < -0.39 is 20.2 Å². The average molecular weight is 675 g/mol. The van der Waals surface area contributed by atoms with E-state index in [2.05, 4.69) is 0 Å². The number of ether oxygens (including phenoxy) is 2. The van der Waals surface area contributed by atoms with Crippen molar-refractivity contribution >= 4 is 41.8 Å². The predicted molar refractivity (Wildman–Crippen MR) is 185 cm³/mol. The van der Waals surface area contributed by atoms with Crippen molar-refractivity contribution in [2.45, 2.75) is 9.79 Å². The zero-order chi connectivity index (χ0) is 33.5. The molecule has 10 heteroatoms. The topological polar surface area (TPSA) is 127 Å². The van der Waals surface area contributed by atoms with E-state index >= 15 is 0 Å². The molecule has 48 heavy (non-hydrogen) atoms. The first-order valence-electron chi connectivity index (χ1n) is 14.7. The van der Waals surface area contributed by atoms with Crippen molar-refractivity contribution in [1.82, 2.24) is 0 Å². The van der Waals surface area contributed by atoms with Crippen LogP contribution in [-0.4, -0.2) is 25.9 Å². The number of hydrogen-bond acceptors (Lipinski definition) is 6. The van der Waals surface area contributed by atoms with Crippen LogP contribution in [0, 0.1) is 0 Å². The van der Waals surface area contributed by atoms with Crippen molar-refractivity contribution in [1.29, 1.82) is 0 Å². The third-order valence-corrected chi connectivity index (χ3v) is 9.66. The molecule has 0 aliphatic heterocycles. The third-order valence-electron chi connectivity index (χ3n) is 7.94. The molecule has 0 aliphatic rings. The van der Waals surface area contributed by atoms with Gasteiger partial charge in [-0.3, -0.25) is 9.11 Å². The molecule has 0 amide bonds. The fourth-order valence-corrected chi connectivity index (χ4v) is 6.68. The lowest BCUT2D eigenvalue weighted by molar-refractivity contribution is 0.479. The molecule has 2 N–H and O–H groups in total. The highest BCUT2D eigenvalue weighted by atomic mass is 32.2. The van der Waals surface area contributed by atoms with Gasteiger partial charge in [-0.05, 0) is 47.5 Å². The van der Waals surface area contributed by atoms with Crippen LogP contribution in [0.4, 0.5) is 0 Å². The zero-order valence-corrected chi connectivity index (χ0v) is 26.6. The van der Waals surface area contributed by atoms with Crippen molar-refractivity contribution in [2.24, 2.45) is 0 Å². The lowest BCUT2D eigenvalue weighted by Gasteiger charge is -2.20. The lowest BCUT2D eigenvalue weighted by atomic mass is 9.99. The van der Waals surface area contributed by atoms with E-state index in [4.69, 9.17) is 9.47 Å². The monoisotopic (exact) mass is 674 g/mol. The minimum absolute atomic E-state index is 0.208. The molecule has 8 nitrogen and oxygen atoms in total. The number of fused-ring (bicyclic) bond motifs is 2. The van der Waals surface area contributed by atoms with Crippen LogP contribution in [0.15, 0.2) is 155 Å². The Kier molecular flexibility index (Phi) is 7.94. The Hall–Kier alpha value is -5.52. The third kappa shape index (κ3) is 6.01. The molecule has 7 aromatic rings. The van der Waals surface area contributed by atoms with Crippen molar-refractivity contribution in [3.63, 3.8) is 0 Å². The quantitative estimate of drug-likeness (QED) is 0.121. The Balaban J connectivity index is 1.39. The van der Waals surface area contributed by atoms with E-state index in [9.17, 15) is 25.9 Å². The van der Waals surface area contributed by atoms with Crippen LogP contribution < -0.4 is 9.47 Å². The van der Waals surface area contributed by atoms with Gasteiger partial charge in [0.25, 0.3) is 20.2 Å². The molecule has 0 bridgehead atoms. The summed E-state index contributed by atoms with van der Waals surface area (Å²) in [6.45, 7) is 0. The molecule has 0 saturated heterocycles. The largest absolute Gasteiger partial charge is 0.455 e.